The third kappa shape index (κ3) is 5.00. The zero-order valence-corrected chi connectivity index (χ0v) is 17.4. The van der Waals surface area contributed by atoms with Crippen LogP contribution in [-0.2, 0) is 16.0 Å². The fourth-order valence-corrected chi connectivity index (χ4v) is 4.07. The van der Waals surface area contributed by atoms with Gasteiger partial charge in [0, 0.05) is 14.9 Å². The summed E-state index contributed by atoms with van der Waals surface area (Å²) in [6.45, 7) is 7.34. The lowest BCUT2D eigenvalue weighted by atomic mass is 10.1. The summed E-state index contributed by atoms with van der Waals surface area (Å²) in [4.78, 5) is 26.3. The number of carbonyl (C=O) groups is 2. The van der Waals surface area contributed by atoms with Crippen molar-refractivity contribution >= 4 is 46.4 Å². The van der Waals surface area contributed by atoms with Crippen molar-refractivity contribution in [1.29, 1.82) is 0 Å². The minimum absolute atomic E-state index is 0.343. The van der Waals surface area contributed by atoms with Crippen LogP contribution in [0.5, 0.6) is 0 Å². The van der Waals surface area contributed by atoms with E-state index >= 15 is 0 Å². The summed E-state index contributed by atoms with van der Waals surface area (Å²) in [7, 11) is 0. The largest absolute Gasteiger partial charge is 0.448 e. The highest BCUT2D eigenvalue weighted by Gasteiger charge is 2.23. The number of esters is 1. The molecule has 1 aromatic heterocycles. The zero-order valence-electron chi connectivity index (χ0n) is 15.1. The Hall–Kier alpha value is -1.56. The van der Waals surface area contributed by atoms with Gasteiger partial charge in [0.05, 0.1) is 6.04 Å². The Morgan fingerprint density at radius 1 is 1.23 bits per heavy atom. The molecule has 2 rings (SSSR count). The van der Waals surface area contributed by atoms with Gasteiger partial charge in [0.2, 0.25) is 0 Å². The number of halogens is 2. The van der Waals surface area contributed by atoms with E-state index in [2.05, 4.69) is 5.32 Å². The fraction of sp³-hybridized carbons (Fsp3) is 0.368. The average molecular weight is 414 g/mol. The highest BCUT2D eigenvalue weighted by molar-refractivity contribution is 7.14. The van der Waals surface area contributed by atoms with E-state index in [1.807, 2.05) is 13.8 Å². The minimum atomic E-state index is -0.913. The smallest absolute Gasteiger partial charge is 0.349 e. The van der Waals surface area contributed by atoms with Gasteiger partial charge in [-0.05, 0) is 56.5 Å². The first-order valence-electron chi connectivity index (χ1n) is 8.28. The van der Waals surface area contributed by atoms with Gasteiger partial charge < -0.3 is 10.1 Å². The van der Waals surface area contributed by atoms with Crippen LogP contribution in [0, 0.1) is 6.92 Å². The van der Waals surface area contributed by atoms with E-state index in [-0.39, 0.29) is 11.9 Å². The van der Waals surface area contributed by atoms with E-state index in [0.717, 1.165) is 22.4 Å². The van der Waals surface area contributed by atoms with Crippen molar-refractivity contribution in [3.63, 3.8) is 0 Å². The van der Waals surface area contributed by atoms with Gasteiger partial charge in [0.25, 0.3) is 5.91 Å². The first-order chi connectivity index (χ1) is 12.2. The lowest BCUT2D eigenvalue weighted by Gasteiger charge is -2.19. The van der Waals surface area contributed by atoms with Gasteiger partial charge in [0.1, 0.15) is 4.88 Å². The maximum absolute atomic E-state index is 12.3. The van der Waals surface area contributed by atoms with Crippen LogP contribution >= 0.6 is 34.5 Å². The molecule has 0 aliphatic heterocycles. The van der Waals surface area contributed by atoms with E-state index in [4.69, 9.17) is 27.9 Å². The Morgan fingerprint density at radius 2 is 1.92 bits per heavy atom. The second-order valence-corrected chi connectivity index (χ2v) is 7.99. The number of hydrogen-bond acceptors (Lipinski definition) is 4. The molecule has 0 aliphatic rings. The summed E-state index contributed by atoms with van der Waals surface area (Å²) in [5, 5.41) is 3.79. The van der Waals surface area contributed by atoms with Crippen molar-refractivity contribution < 1.29 is 14.3 Å². The van der Waals surface area contributed by atoms with Crippen molar-refractivity contribution in [1.82, 2.24) is 5.32 Å². The van der Waals surface area contributed by atoms with Gasteiger partial charge in [-0.1, -0.05) is 36.2 Å². The molecule has 0 radical (unpaired) electrons. The molecule has 1 heterocycles. The van der Waals surface area contributed by atoms with Crippen LogP contribution in [0.3, 0.4) is 0 Å². The van der Waals surface area contributed by atoms with Gasteiger partial charge >= 0.3 is 5.97 Å². The van der Waals surface area contributed by atoms with Crippen LogP contribution < -0.4 is 5.32 Å². The minimum Gasteiger partial charge on any atom is -0.448 e. The van der Waals surface area contributed by atoms with Gasteiger partial charge in [0.15, 0.2) is 6.10 Å². The maximum atomic E-state index is 12.3. The molecular formula is C19H21Cl2NO3S. The predicted octanol–water partition coefficient (Wildman–Crippen LogP) is 5.35. The number of amides is 1. The van der Waals surface area contributed by atoms with Gasteiger partial charge in [-0.25, -0.2) is 4.79 Å². The first-order valence-corrected chi connectivity index (χ1v) is 9.85. The fourth-order valence-electron chi connectivity index (χ4n) is 2.50. The number of ether oxygens (including phenoxy) is 1. The van der Waals surface area contributed by atoms with Crippen molar-refractivity contribution in [3.05, 3.63) is 55.2 Å². The molecule has 7 heteroatoms. The van der Waals surface area contributed by atoms with Crippen LogP contribution in [0.1, 0.15) is 52.5 Å². The summed E-state index contributed by atoms with van der Waals surface area (Å²) < 4.78 is 5.30. The SMILES string of the molecule is CCc1sc(C(=O)O[C@H](C)C(=O)N[C@H](C)c2ccc(Cl)cc2Cl)cc1C. The molecule has 0 bridgehead atoms. The lowest BCUT2D eigenvalue weighted by molar-refractivity contribution is -0.129. The summed E-state index contributed by atoms with van der Waals surface area (Å²) in [6.07, 6.45) is -0.0531. The van der Waals surface area contributed by atoms with Crippen molar-refractivity contribution in [2.24, 2.45) is 0 Å². The molecule has 0 saturated carbocycles. The zero-order chi connectivity index (χ0) is 19.4. The summed E-state index contributed by atoms with van der Waals surface area (Å²) in [5.41, 5.74) is 1.80. The van der Waals surface area contributed by atoms with Crippen LogP contribution in [0.25, 0.3) is 0 Å². The molecule has 0 unspecified atom stereocenters. The Labute approximate surface area is 167 Å². The first kappa shape index (κ1) is 20.7. The van der Waals surface area contributed by atoms with Crippen molar-refractivity contribution in [2.45, 2.75) is 46.3 Å². The van der Waals surface area contributed by atoms with Crippen molar-refractivity contribution in [2.75, 3.05) is 0 Å². The standard InChI is InChI=1S/C19H21Cl2NO3S/c1-5-16-10(2)8-17(26-16)19(24)25-12(4)18(23)22-11(3)14-7-6-13(20)9-15(14)21/h6-9,11-12H,5H2,1-4H3,(H,22,23)/t11-,12-/m1/s1. The lowest BCUT2D eigenvalue weighted by Crippen LogP contribution is -2.37. The Balaban J connectivity index is 1.99. The second-order valence-electron chi connectivity index (χ2n) is 6.01. The highest BCUT2D eigenvalue weighted by Crippen LogP contribution is 2.26. The predicted molar refractivity (Wildman–Crippen MR) is 106 cm³/mol. The van der Waals surface area contributed by atoms with Crippen LogP contribution in [0.15, 0.2) is 24.3 Å². The quantitative estimate of drug-likeness (QED) is 0.649. The summed E-state index contributed by atoms with van der Waals surface area (Å²) in [5.74, 6) is -0.876. The van der Waals surface area contributed by atoms with E-state index < -0.39 is 12.1 Å². The summed E-state index contributed by atoms with van der Waals surface area (Å²) >= 11 is 13.5. The number of rotatable bonds is 6. The van der Waals surface area contributed by atoms with Crippen molar-refractivity contribution in [3.8, 4) is 0 Å². The second kappa shape index (κ2) is 8.89. The third-order valence-electron chi connectivity index (χ3n) is 3.98. The number of aryl methyl sites for hydroxylation is 2. The Kier molecular flexibility index (Phi) is 7.09. The average Bonchev–Trinajstić information content (AvgIpc) is 2.95. The Morgan fingerprint density at radius 3 is 2.50 bits per heavy atom. The van der Waals surface area contributed by atoms with Crippen LogP contribution in [0.4, 0.5) is 0 Å². The summed E-state index contributed by atoms with van der Waals surface area (Å²) in [6, 6.07) is 6.54. The molecule has 1 amide bonds. The highest BCUT2D eigenvalue weighted by atomic mass is 35.5. The molecule has 0 aliphatic carbocycles. The molecule has 2 atom stereocenters. The number of hydrogen-bond donors (Lipinski definition) is 1. The van der Waals surface area contributed by atoms with E-state index in [0.29, 0.717) is 14.9 Å². The molecule has 0 saturated heterocycles. The number of benzene rings is 1. The van der Waals surface area contributed by atoms with E-state index in [9.17, 15) is 9.59 Å². The van der Waals surface area contributed by atoms with E-state index in [1.54, 1.807) is 38.1 Å². The van der Waals surface area contributed by atoms with Gasteiger partial charge in [-0.3, -0.25) is 4.79 Å². The van der Waals surface area contributed by atoms with Crippen LogP contribution in [0.2, 0.25) is 10.0 Å². The van der Waals surface area contributed by atoms with Gasteiger partial charge in [-0.15, -0.1) is 11.3 Å². The number of thiophene rings is 1. The number of carbonyl (C=O) groups excluding carboxylic acids is 2. The topological polar surface area (TPSA) is 55.4 Å². The monoisotopic (exact) mass is 413 g/mol. The van der Waals surface area contributed by atoms with Gasteiger partial charge in [-0.2, -0.15) is 0 Å². The Bertz CT molecular complexity index is 819. The molecule has 1 aromatic carbocycles. The number of nitrogens with one attached hydrogen (secondary N) is 1. The van der Waals surface area contributed by atoms with Crippen LogP contribution in [-0.4, -0.2) is 18.0 Å². The molecule has 4 nitrogen and oxygen atoms in total. The molecule has 0 spiro atoms. The molecule has 1 N–H and O–H groups in total. The maximum Gasteiger partial charge on any atom is 0.349 e. The molecule has 2 aromatic rings. The molecular weight excluding hydrogens is 393 g/mol. The normalized spacial score (nSPS) is 13.2. The van der Waals surface area contributed by atoms with E-state index in [1.165, 1.54) is 11.3 Å². The molecule has 140 valence electrons. The molecule has 0 fully saturated rings. The third-order valence-corrected chi connectivity index (χ3v) is 5.91. The molecule has 26 heavy (non-hydrogen) atoms.